The Morgan fingerprint density at radius 3 is 2.55 bits per heavy atom. The van der Waals surface area contributed by atoms with E-state index in [-0.39, 0.29) is 17.9 Å². The molecule has 0 bridgehead atoms. The number of halogens is 3. The van der Waals surface area contributed by atoms with Gasteiger partial charge in [0.1, 0.15) is 6.61 Å². The Hall–Kier alpha value is -2.14. The molecular formula is C14H10ClF2NO2. The van der Waals surface area contributed by atoms with Crippen LogP contribution in [0.4, 0.5) is 14.5 Å². The zero-order chi connectivity index (χ0) is 14.7. The van der Waals surface area contributed by atoms with Crippen LogP contribution in [0.1, 0.15) is 15.9 Å². The first-order chi connectivity index (χ1) is 9.47. The second kappa shape index (κ2) is 5.88. The van der Waals surface area contributed by atoms with Gasteiger partial charge in [0.25, 0.3) is 0 Å². The molecule has 0 atom stereocenters. The quantitative estimate of drug-likeness (QED) is 0.696. The number of nitrogens with two attached hydrogens (primary N) is 1. The minimum Gasteiger partial charge on any atom is -0.457 e. The van der Waals surface area contributed by atoms with Gasteiger partial charge >= 0.3 is 5.97 Å². The van der Waals surface area contributed by atoms with Crippen LogP contribution in [-0.2, 0) is 11.3 Å². The fourth-order valence-electron chi connectivity index (χ4n) is 1.58. The molecule has 0 aromatic heterocycles. The summed E-state index contributed by atoms with van der Waals surface area (Å²) in [7, 11) is 0. The second-order valence-corrected chi connectivity index (χ2v) is 4.49. The van der Waals surface area contributed by atoms with Gasteiger partial charge in [0, 0.05) is 10.7 Å². The highest BCUT2D eigenvalue weighted by Crippen LogP contribution is 2.19. The molecule has 0 radical (unpaired) electrons. The molecule has 2 aromatic rings. The van der Waals surface area contributed by atoms with Crippen LogP contribution in [0.2, 0.25) is 5.02 Å². The van der Waals surface area contributed by atoms with Crippen molar-refractivity contribution in [3.05, 3.63) is 64.2 Å². The third-order valence-electron chi connectivity index (χ3n) is 2.59. The van der Waals surface area contributed by atoms with Crippen LogP contribution in [0.3, 0.4) is 0 Å². The Bertz CT molecular complexity index is 662. The number of esters is 1. The van der Waals surface area contributed by atoms with Crippen molar-refractivity contribution in [2.24, 2.45) is 0 Å². The number of ether oxygens (including phenoxy) is 1. The van der Waals surface area contributed by atoms with E-state index in [9.17, 15) is 13.6 Å². The fraction of sp³-hybridized carbons (Fsp3) is 0.0714. The molecule has 0 aliphatic rings. The summed E-state index contributed by atoms with van der Waals surface area (Å²) in [4.78, 5) is 11.8. The van der Waals surface area contributed by atoms with Crippen LogP contribution in [0, 0.1) is 11.6 Å². The minimum atomic E-state index is -0.996. The first kappa shape index (κ1) is 14.3. The van der Waals surface area contributed by atoms with E-state index in [1.807, 2.05) is 0 Å². The number of anilines is 1. The van der Waals surface area contributed by atoms with Gasteiger partial charge < -0.3 is 10.5 Å². The molecule has 6 heteroatoms. The number of hydrogen-bond donors (Lipinski definition) is 1. The third-order valence-corrected chi connectivity index (χ3v) is 2.82. The lowest BCUT2D eigenvalue weighted by Crippen LogP contribution is -2.08. The lowest BCUT2D eigenvalue weighted by Gasteiger charge is -2.07. The topological polar surface area (TPSA) is 52.3 Å². The van der Waals surface area contributed by atoms with Gasteiger partial charge in [-0.2, -0.15) is 0 Å². The Balaban J connectivity index is 2.06. The van der Waals surface area contributed by atoms with Crippen LogP contribution < -0.4 is 5.73 Å². The molecule has 2 rings (SSSR count). The van der Waals surface area contributed by atoms with Crippen molar-refractivity contribution in [1.29, 1.82) is 0 Å². The Labute approximate surface area is 118 Å². The van der Waals surface area contributed by atoms with Gasteiger partial charge in [-0.25, -0.2) is 13.6 Å². The molecule has 0 saturated heterocycles. The molecule has 20 heavy (non-hydrogen) atoms. The van der Waals surface area contributed by atoms with Crippen molar-refractivity contribution in [3.63, 3.8) is 0 Å². The van der Waals surface area contributed by atoms with Gasteiger partial charge in [-0.15, -0.1) is 0 Å². The summed E-state index contributed by atoms with van der Waals surface area (Å²) in [6.45, 7) is -0.182. The van der Waals surface area contributed by atoms with Gasteiger partial charge in [0.05, 0.1) is 5.56 Å². The Morgan fingerprint density at radius 2 is 1.90 bits per heavy atom. The number of rotatable bonds is 3. The van der Waals surface area contributed by atoms with Crippen molar-refractivity contribution < 1.29 is 18.3 Å². The summed E-state index contributed by atoms with van der Waals surface area (Å²) in [5.41, 5.74) is 6.33. The van der Waals surface area contributed by atoms with E-state index < -0.39 is 17.6 Å². The van der Waals surface area contributed by atoms with Crippen LogP contribution in [0.25, 0.3) is 0 Å². The van der Waals surface area contributed by atoms with Crippen LogP contribution in [-0.4, -0.2) is 5.97 Å². The largest absolute Gasteiger partial charge is 0.457 e. The smallest absolute Gasteiger partial charge is 0.340 e. The first-order valence-electron chi connectivity index (χ1n) is 5.63. The van der Waals surface area contributed by atoms with Crippen LogP contribution >= 0.6 is 11.6 Å². The predicted molar refractivity (Wildman–Crippen MR) is 71.3 cm³/mol. The van der Waals surface area contributed by atoms with E-state index in [1.54, 1.807) is 0 Å². The summed E-state index contributed by atoms with van der Waals surface area (Å²) in [5, 5.41) is 0.402. The summed E-state index contributed by atoms with van der Waals surface area (Å²) in [6, 6.07) is 7.63. The molecule has 3 nitrogen and oxygen atoms in total. The lowest BCUT2D eigenvalue weighted by molar-refractivity contribution is 0.0473. The average Bonchev–Trinajstić information content (AvgIpc) is 2.40. The second-order valence-electron chi connectivity index (χ2n) is 4.06. The molecule has 0 aliphatic heterocycles. The summed E-state index contributed by atoms with van der Waals surface area (Å²) >= 11 is 5.72. The number of carbonyl (C=O) groups is 1. The molecule has 0 aliphatic carbocycles. The number of benzene rings is 2. The van der Waals surface area contributed by atoms with E-state index in [0.29, 0.717) is 10.6 Å². The van der Waals surface area contributed by atoms with Crippen LogP contribution in [0.15, 0.2) is 36.4 Å². The lowest BCUT2D eigenvalue weighted by atomic mass is 10.2. The molecule has 0 fully saturated rings. The zero-order valence-electron chi connectivity index (χ0n) is 10.2. The van der Waals surface area contributed by atoms with Crippen molar-refractivity contribution in [3.8, 4) is 0 Å². The summed E-state index contributed by atoms with van der Waals surface area (Å²) < 4.78 is 30.7. The Morgan fingerprint density at radius 1 is 1.15 bits per heavy atom. The molecule has 0 unspecified atom stereocenters. The monoisotopic (exact) mass is 297 g/mol. The van der Waals surface area contributed by atoms with E-state index >= 15 is 0 Å². The van der Waals surface area contributed by atoms with Gasteiger partial charge in [-0.05, 0) is 35.9 Å². The van der Waals surface area contributed by atoms with Crippen LogP contribution in [0.5, 0.6) is 0 Å². The average molecular weight is 298 g/mol. The van der Waals surface area contributed by atoms with Gasteiger partial charge in [-0.1, -0.05) is 17.7 Å². The third kappa shape index (κ3) is 3.24. The summed E-state index contributed by atoms with van der Waals surface area (Å²) in [6.07, 6.45) is 0. The van der Waals surface area contributed by atoms with Crippen molar-refractivity contribution in [1.82, 2.24) is 0 Å². The standard InChI is InChI=1S/C14H10ClF2NO2/c15-9-2-3-10(13(18)6-9)14(19)20-7-8-1-4-11(16)12(17)5-8/h1-6H,7,18H2. The fourth-order valence-corrected chi connectivity index (χ4v) is 1.76. The number of nitrogen functional groups attached to an aromatic ring is 1. The van der Waals surface area contributed by atoms with Crippen molar-refractivity contribution in [2.75, 3.05) is 5.73 Å². The highest BCUT2D eigenvalue weighted by Gasteiger charge is 2.12. The molecule has 0 saturated carbocycles. The molecule has 2 aromatic carbocycles. The molecule has 0 amide bonds. The maximum Gasteiger partial charge on any atom is 0.340 e. The maximum atomic E-state index is 13.0. The molecule has 104 valence electrons. The SMILES string of the molecule is Nc1cc(Cl)ccc1C(=O)OCc1ccc(F)c(F)c1. The van der Waals surface area contributed by atoms with Gasteiger partial charge in [0.15, 0.2) is 11.6 Å². The molecule has 0 spiro atoms. The predicted octanol–water partition coefficient (Wildman–Crippen LogP) is 3.56. The first-order valence-corrected chi connectivity index (χ1v) is 6.01. The van der Waals surface area contributed by atoms with E-state index in [4.69, 9.17) is 22.1 Å². The zero-order valence-corrected chi connectivity index (χ0v) is 11.0. The van der Waals surface area contributed by atoms with Gasteiger partial charge in [0.2, 0.25) is 0 Å². The maximum absolute atomic E-state index is 13.0. The van der Waals surface area contributed by atoms with Crippen molar-refractivity contribution >= 4 is 23.3 Å². The minimum absolute atomic E-state index is 0.164. The highest BCUT2D eigenvalue weighted by molar-refractivity contribution is 6.31. The summed E-state index contributed by atoms with van der Waals surface area (Å²) in [5.74, 6) is -2.62. The normalized spacial score (nSPS) is 10.3. The number of hydrogen-bond acceptors (Lipinski definition) is 3. The van der Waals surface area contributed by atoms with Crippen molar-refractivity contribution in [2.45, 2.75) is 6.61 Å². The van der Waals surface area contributed by atoms with Gasteiger partial charge in [-0.3, -0.25) is 0 Å². The van der Waals surface area contributed by atoms with E-state index in [1.165, 1.54) is 24.3 Å². The molecule has 2 N–H and O–H groups in total. The molecule has 0 heterocycles. The number of carbonyl (C=O) groups excluding carboxylic acids is 1. The highest BCUT2D eigenvalue weighted by atomic mass is 35.5. The Kier molecular flexibility index (Phi) is 4.20. The van der Waals surface area contributed by atoms with E-state index in [2.05, 4.69) is 0 Å². The molecular weight excluding hydrogens is 288 g/mol. The van der Waals surface area contributed by atoms with E-state index in [0.717, 1.165) is 12.1 Å².